The van der Waals surface area contributed by atoms with Gasteiger partial charge in [-0.15, -0.1) is 0 Å². The van der Waals surface area contributed by atoms with Crippen molar-refractivity contribution in [1.82, 2.24) is 14.3 Å². The first-order chi connectivity index (χ1) is 9.58. The molecule has 1 aromatic rings. The van der Waals surface area contributed by atoms with E-state index in [1.807, 2.05) is 30.3 Å². The molecule has 1 aliphatic rings. The predicted octanol–water partition coefficient (Wildman–Crippen LogP) is 1.09. The Labute approximate surface area is 121 Å². The molecule has 2 rings (SSSR count). The number of benzene rings is 1. The van der Waals surface area contributed by atoms with Crippen LogP contribution in [0.3, 0.4) is 0 Å². The fourth-order valence-corrected chi connectivity index (χ4v) is 3.32. The molecule has 112 valence electrons. The van der Waals surface area contributed by atoms with Gasteiger partial charge < -0.3 is 5.32 Å². The third kappa shape index (κ3) is 4.56. The zero-order valence-electron chi connectivity index (χ0n) is 11.9. The van der Waals surface area contributed by atoms with Gasteiger partial charge in [0, 0.05) is 26.2 Å². The third-order valence-electron chi connectivity index (χ3n) is 3.60. The van der Waals surface area contributed by atoms with E-state index in [1.165, 1.54) is 10.7 Å². The van der Waals surface area contributed by atoms with E-state index in [1.54, 1.807) is 7.05 Å². The lowest BCUT2D eigenvalue weighted by molar-refractivity contribution is 0.450. The highest BCUT2D eigenvalue weighted by atomic mass is 32.2. The Hall–Kier alpha value is -0.950. The van der Waals surface area contributed by atoms with Gasteiger partial charge in [-0.1, -0.05) is 30.3 Å². The molecule has 0 aromatic heterocycles. The summed E-state index contributed by atoms with van der Waals surface area (Å²) in [6.07, 6.45) is 3.17. The van der Waals surface area contributed by atoms with Crippen molar-refractivity contribution >= 4 is 10.2 Å². The zero-order chi connectivity index (χ0) is 14.4. The molecule has 20 heavy (non-hydrogen) atoms. The van der Waals surface area contributed by atoms with E-state index in [4.69, 9.17) is 0 Å². The average Bonchev–Trinajstić information content (AvgIpc) is 2.93. The van der Waals surface area contributed by atoms with E-state index >= 15 is 0 Å². The van der Waals surface area contributed by atoms with Crippen LogP contribution >= 0.6 is 0 Å². The first-order valence-corrected chi connectivity index (χ1v) is 8.50. The van der Waals surface area contributed by atoms with Crippen molar-refractivity contribution in [1.29, 1.82) is 0 Å². The molecule has 5 nitrogen and oxygen atoms in total. The molecule has 1 heterocycles. The van der Waals surface area contributed by atoms with Crippen LogP contribution in [0.4, 0.5) is 0 Å². The third-order valence-corrected chi connectivity index (χ3v) is 5.12. The number of rotatable bonds is 7. The lowest BCUT2D eigenvalue weighted by Crippen LogP contribution is -2.39. The van der Waals surface area contributed by atoms with E-state index in [9.17, 15) is 8.42 Å². The SMILES string of the molecule is CN(Cc1ccccc1)S(=O)(=O)NCC[C@@H]1CCCN1. The van der Waals surface area contributed by atoms with Crippen molar-refractivity contribution in [2.45, 2.75) is 31.8 Å². The number of hydrogen-bond acceptors (Lipinski definition) is 3. The van der Waals surface area contributed by atoms with Crippen LogP contribution in [0, 0.1) is 0 Å². The molecule has 2 N–H and O–H groups in total. The molecule has 0 saturated carbocycles. The fourth-order valence-electron chi connectivity index (χ4n) is 2.40. The number of nitrogens with one attached hydrogen (secondary N) is 2. The van der Waals surface area contributed by atoms with Gasteiger partial charge in [-0.25, -0.2) is 4.72 Å². The van der Waals surface area contributed by atoms with Crippen LogP contribution in [0.2, 0.25) is 0 Å². The smallest absolute Gasteiger partial charge is 0.279 e. The highest BCUT2D eigenvalue weighted by molar-refractivity contribution is 7.87. The van der Waals surface area contributed by atoms with Crippen LogP contribution < -0.4 is 10.0 Å². The van der Waals surface area contributed by atoms with Crippen molar-refractivity contribution in [3.05, 3.63) is 35.9 Å². The van der Waals surface area contributed by atoms with E-state index in [2.05, 4.69) is 10.0 Å². The minimum absolute atomic E-state index is 0.387. The second-order valence-corrected chi connectivity index (χ2v) is 7.09. The van der Waals surface area contributed by atoms with Crippen LogP contribution in [0.15, 0.2) is 30.3 Å². The maximum Gasteiger partial charge on any atom is 0.279 e. The summed E-state index contributed by atoms with van der Waals surface area (Å²) in [4.78, 5) is 0. The Bertz CT molecular complexity index is 498. The summed E-state index contributed by atoms with van der Waals surface area (Å²) in [7, 11) is -1.79. The van der Waals surface area contributed by atoms with Gasteiger partial charge in [0.05, 0.1) is 0 Å². The monoisotopic (exact) mass is 297 g/mol. The van der Waals surface area contributed by atoms with E-state index in [0.29, 0.717) is 19.1 Å². The topological polar surface area (TPSA) is 61.4 Å². The Balaban J connectivity index is 1.79. The Morgan fingerprint density at radius 1 is 1.35 bits per heavy atom. The van der Waals surface area contributed by atoms with Gasteiger partial charge in [0.2, 0.25) is 0 Å². The second-order valence-electron chi connectivity index (χ2n) is 5.22. The Kier molecular flexibility index (Phi) is 5.54. The summed E-state index contributed by atoms with van der Waals surface area (Å²) < 4.78 is 28.2. The van der Waals surface area contributed by atoms with Gasteiger partial charge >= 0.3 is 0 Å². The van der Waals surface area contributed by atoms with Crippen molar-refractivity contribution in [3.63, 3.8) is 0 Å². The van der Waals surface area contributed by atoms with Crippen LogP contribution in [0.1, 0.15) is 24.8 Å². The summed E-state index contributed by atoms with van der Waals surface area (Å²) in [6, 6.07) is 10.1. The van der Waals surface area contributed by atoms with E-state index in [0.717, 1.165) is 24.9 Å². The largest absolute Gasteiger partial charge is 0.314 e. The van der Waals surface area contributed by atoms with Crippen molar-refractivity contribution < 1.29 is 8.42 Å². The molecule has 0 spiro atoms. The summed E-state index contributed by atoms with van der Waals surface area (Å²) in [5, 5.41) is 3.36. The summed E-state index contributed by atoms with van der Waals surface area (Å²) in [6.45, 7) is 1.92. The molecule has 0 bridgehead atoms. The van der Waals surface area contributed by atoms with E-state index in [-0.39, 0.29) is 0 Å². The molecule has 0 aliphatic carbocycles. The zero-order valence-corrected chi connectivity index (χ0v) is 12.7. The van der Waals surface area contributed by atoms with Crippen molar-refractivity contribution in [2.75, 3.05) is 20.1 Å². The van der Waals surface area contributed by atoms with Crippen molar-refractivity contribution in [3.8, 4) is 0 Å². The first-order valence-electron chi connectivity index (χ1n) is 7.06. The van der Waals surface area contributed by atoms with Gasteiger partial charge in [-0.3, -0.25) is 0 Å². The normalized spacial score (nSPS) is 19.6. The minimum Gasteiger partial charge on any atom is -0.314 e. The lowest BCUT2D eigenvalue weighted by atomic mass is 10.2. The van der Waals surface area contributed by atoms with Crippen LogP contribution in [-0.2, 0) is 16.8 Å². The lowest BCUT2D eigenvalue weighted by Gasteiger charge is -2.18. The van der Waals surface area contributed by atoms with Crippen LogP contribution in [0.25, 0.3) is 0 Å². The average molecular weight is 297 g/mol. The van der Waals surface area contributed by atoms with Gasteiger partial charge in [0.15, 0.2) is 0 Å². The van der Waals surface area contributed by atoms with Crippen LogP contribution in [0.5, 0.6) is 0 Å². The van der Waals surface area contributed by atoms with Gasteiger partial charge in [0.1, 0.15) is 0 Å². The standard InChI is InChI=1S/C14H23N3O2S/c1-17(12-13-6-3-2-4-7-13)20(18,19)16-11-9-14-8-5-10-15-14/h2-4,6-7,14-16H,5,8-12H2,1H3/t14-/m0/s1. The predicted molar refractivity (Wildman–Crippen MR) is 80.5 cm³/mol. The Morgan fingerprint density at radius 2 is 2.10 bits per heavy atom. The van der Waals surface area contributed by atoms with Crippen molar-refractivity contribution in [2.24, 2.45) is 0 Å². The molecular weight excluding hydrogens is 274 g/mol. The summed E-state index contributed by atoms with van der Waals surface area (Å²) in [5.41, 5.74) is 0.984. The first kappa shape index (κ1) is 15.4. The maximum atomic E-state index is 12.1. The molecule has 0 radical (unpaired) electrons. The van der Waals surface area contributed by atoms with Gasteiger partial charge in [-0.05, 0) is 31.4 Å². The molecule has 0 amide bonds. The summed E-state index contributed by atoms with van der Waals surface area (Å²) >= 11 is 0. The fraction of sp³-hybridized carbons (Fsp3) is 0.571. The van der Waals surface area contributed by atoms with Gasteiger partial charge in [-0.2, -0.15) is 12.7 Å². The molecule has 6 heteroatoms. The van der Waals surface area contributed by atoms with E-state index < -0.39 is 10.2 Å². The van der Waals surface area contributed by atoms with Gasteiger partial charge in [0.25, 0.3) is 10.2 Å². The molecule has 1 saturated heterocycles. The van der Waals surface area contributed by atoms with Crippen LogP contribution in [-0.4, -0.2) is 38.9 Å². The summed E-state index contributed by atoms with van der Waals surface area (Å²) in [5.74, 6) is 0. The molecule has 0 unspecified atom stereocenters. The molecular formula is C14H23N3O2S. The number of hydrogen-bond donors (Lipinski definition) is 2. The molecule has 1 fully saturated rings. The highest BCUT2D eigenvalue weighted by Gasteiger charge is 2.19. The molecule has 1 aromatic carbocycles. The molecule has 1 atom stereocenters. The second kappa shape index (κ2) is 7.17. The maximum absolute atomic E-state index is 12.1. The Morgan fingerprint density at radius 3 is 2.75 bits per heavy atom. The highest BCUT2D eigenvalue weighted by Crippen LogP contribution is 2.09. The quantitative estimate of drug-likeness (QED) is 0.792. The minimum atomic E-state index is -3.39. The number of nitrogens with zero attached hydrogens (tertiary/aromatic N) is 1. The molecule has 1 aliphatic heterocycles.